The Kier molecular flexibility index (Phi) is 8.75. The summed E-state index contributed by atoms with van der Waals surface area (Å²) in [5, 5.41) is 32.9. The van der Waals surface area contributed by atoms with Crippen LogP contribution in [-0.4, -0.2) is 45.3 Å². The molecule has 1 amide bonds. The van der Waals surface area contributed by atoms with Crippen LogP contribution in [-0.2, 0) is 37.2 Å². The molecule has 0 aromatic heterocycles. The number of hydrogen-bond donors (Lipinski definition) is 4. The summed E-state index contributed by atoms with van der Waals surface area (Å²) in [5.74, 6) is 0.232. The lowest BCUT2D eigenvalue weighted by atomic mass is 9.98. The number of hydrogen-bond acceptors (Lipinski definition) is 5. The second-order valence-corrected chi connectivity index (χ2v) is 9.73. The summed E-state index contributed by atoms with van der Waals surface area (Å²) in [5.41, 5.74) is 6.01. The number of amides is 1. The minimum atomic E-state index is -0.738. The molecule has 3 aromatic rings. The third-order valence-electron chi connectivity index (χ3n) is 6.96. The van der Waals surface area contributed by atoms with Gasteiger partial charge >= 0.3 is 0 Å². The van der Waals surface area contributed by atoms with E-state index in [9.17, 15) is 20.1 Å². The number of carbonyl (C=O) groups is 1. The van der Waals surface area contributed by atoms with Crippen molar-refractivity contribution in [3.8, 4) is 5.75 Å². The third kappa shape index (κ3) is 6.72. The summed E-state index contributed by atoms with van der Waals surface area (Å²) < 4.78 is 0. The minimum absolute atomic E-state index is 0.0256. The summed E-state index contributed by atoms with van der Waals surface area (Å²) in [6, 6.07) is 21.7. The number of rotatable bonds is 10. The van der Waals surface area contributed by atoms with Crippen molar-refractivity contribution in [2.45, 2.75) is 57.9 Å². The molecule has 0 unspecified atom stereocenters. The zero-order chi connectivity index (χ0) is 25.5. The van der Waals surface area contributed by atoms with Gasteiger partial charge in [0.2, 0.25) is 5.91 Å². The van der Waals surface area contributed by atoms with Crippen LogP contribution in [0.15, 0.2) is 66.7 Å². The van der Waals surface area contributed by atoms with Gasteiger partial charge in [0.25, 0.3) is 0 Å². The van der Waals surface area contributed by atoms with E-state index in [1.807, 2.05) is 17.0 Å². The Bertz CT molecular complexity index is 1180. The molecule has 2 atom stereocenters. The first-order chi connectivity index (χ1) is 17.4. The average molecular weight is 489 g/mol. The largest absolute Gasteiger partial charge is 0.508 e. The number of phenols is 1. The predicted octanol–water partition coefficient (Wildman–Crippen LogP) is 3.66. The molecule has 0 saturated heterocycles. The number of aliphatic hydroxyl groups excluding tert-OH is 2. The number of aliphatic hydroxyl groups is 2. The third-order valence-corrected chi connectivity index (χ3v) is 6.96. The van der Waals surface area contributed by atoms with Crippen LogP contribution in [0, 0.1) is 0 Å². The van der Waals surface area contributed by atoms with Gasteiger partial charge < -0.3 is 25.5 Å². The van der Waals surface area contributed by atoms with E-state index in [0.29, 0.717) is 30.6 Å². The molecule has 6 nitrogen and oxygen atoms in total. The van der Waals surface area contributed by atoms with Crippen molar-refractivity contribution in [3.05, 3.63) is 100 Å². The normalized spacial score (nSPS) is 14.8. The summed E-state index contributed by atoms with van der Waals surface area (Å²) >= 11 is 0. The maximum absolute atomic E-state index is 12.8. The van der Waals surface area contributed by atoms with Gasteiger partial charge in [-0.1, -0.05) is 54.6 Å². The van der Waals surface area contributed by atoms with Crippen LogP contribution in [0.25, 0.3) is 0 Å². The van der Waals surface area contributed by atoms with Gasteiger partial charge in [-0.25, -0.2) is 0 Å². The second-order valence-electron chi connectivity index (χ2n) is 9.73. The number of nitrogens with zero attached hydrogens (tertiary/aromatic N) is 1. The maximum Gasteiger partial charge on any atom is 0.223 e. The van der Waals surface area contributed by atoms with Crippen LogP contribution >= 0.6 is 0 Å². The highest BCUT2D eigenvalue weighted by Crippen LogP contribution is 2.23. The van der Waals surface area contributed by atoms with Crippen LogP contribution in [0.3, 0.4) is 0 Å². The standard InChI is InChI=1S/C30H36N2O4/c1-21(31-18-29(35)25-10-11-28(34)27(17-25)20-33)15-23-6-4-5-22(16-23)9-12-30(36)32-14-13-24-7-2-3-8-26(24)19-32/h2-8,10-11,16-17,21,29,31,33-35H,9,12-15,18-20H2,1H3/t21-,29-/m1/s1. The van der Waals surface area contributed by atoms with Crippen molar-refractivity contribution >= 4 is 5.91 Å². The Balaban J connectivity index is 1.25. The zero-order valence-electron chi connectivity index (χ0n) is 20.9. The van der Waals surface area contributed by atoms with Crippen LogP contribution in [0.4, 0.5) is 0 Å². The van der Waals surface area contributed by atoms with Gasteiger partial charge in [0, 0.05) is 37.7 Å². The van der Waals surface area contributed by atoms with Crippen molar-refractivity contribution in [2.75, 3.05) is 13.1 Å². The molecule has 6 heteroatoms. The molecular weight excluding hydrogens is 452 g/mol. The fourth-order valence-corrected chi connectivity index (χ4v) is 4.83. The number of carbonyl (C=O) groups excluding carboxylic acids is 1. The fraction of sp³-hybridized carbons (Fsp3) is 0.367. The second kappa shape index (κ2) is 12.2. The van der Waals surface area contributed by atoms with Gasteiger partial charge in [0.15, 0.2) is 0 Å². The van der Waals surface area contributed by atoms with Crippen molar-refractivity contribution < 1.29 is 20.1 Å². The van der Waals surface area contributed by atoms with E-state index in [1.165, 1.54) is 22.8 Å². The van der Waals surface area contributed by atoms with E-state index in [4.69, 9.17) is 0 Å². The van der Waals surface area contributed by atoms with E-state index in [2.05, 4.69) is 48.6 Å². The zero-order valence-corrected chi connectivity index (χ0v) is 20.9. The van der Waals surface area contributed by atoms with E-state index in [1.54, 1.807) is 12.1 Å². The van der Waals surface area contributed by atoms with Crippen molar-refractivity contribution in [2.24, 2.45) is 0 Å². The molecule has 1 heterocycles. The number of benzene rings is 3. The summed E-state index contributed by atoms with van der Waals surface area (Å²) in [6.45, 7) is 3.66. The van der Waals surface area contributed by atoms with Crippen LogP contribution in [0.5, 0.6) is 5.75 Å². The number of nitrogens with one attached hydrogen (secondary N) is 1. The first-order valence-electron chi connectivity index (χ1n) is 12.7. The highest BCUT2D eigenvalue weighted by Gasteiger charge is 2.20. The Morgan fingerprint density at radius 2 is 1.81 bits per heavy atom. The van der Waals surface area contributed by atoms with Gasteiger partial charge in [-0.05, 0) is 66.1 Å². The summed E-state index contributed by atoms with van der Waals surface area (Å²) in [7, 11) is 0. The molecule has 0 spiro atoms. The quantitative estimate of drug-likeness (QED) is 0.350. The van der Waals surface area contributed by atoms with E-state index in [-0.39, 0.29) is 24.3 Å². The molecular formula is C30H36N2O4. The van der Waals surface area contributed by atoms with Crippen LogP contribution in [0.2, 0.25) is 0 Å². The first kappa shape index (κ1) is 25.9. The first-order valence-corrected chi connectivity index (χ1v) is 12.7. The molecule has 1 aliphatic heterocycles. The molecule has 36 heavy (non-hydrogen) atoms. The van der Waals surface area contributed by atoms with Crippen molar-refractivity contribution in [1.29, 1.82) is 0 Å². The van der Waals surface area contributed by atoms with Crippen LogP contribution < -0.4 is 5.32 Å². The molecule has 190 valence electrons. The van der Waals surface area contributed by atoms with Gasteiger partial charge in [-0.3, -0.25) is 4.79 Å². The Morgan fingerprint density at radius 1 is 1.03 bits per heavy atom. The van der Waals surface area contributed by atoms with E-state index in [0.717, 1.165) is 31.4 Å². The lowest BCUT2D eigenvalue weighted by Crippen LogP contribution is -2.36. The molecule has 1 aliphatic rings. The van der Waals surface area contributed by atoms with Gasteiger partial charge in [0.1, 0.15) is 5.75 Å². The maximum atomic E-state index is 12.8. The number of aromatic hydroxyl groups is 1. The predicted molar refractivity (Wildman–Crippen MR) is 140 cm³/mol. The topological polar surface area (TPSA) is 93.0 Å². The lowest BCUT2D eigenvalue weighted by Gasteiger charge is -2.29. The SMILES string of the molecule is C[C@H](Cc1cccc(CCC(=O)N2CCc3ccccc3C2)c1)NC[C@@H](O)c1ccc(O)c(CO)c1. The highest BCUT2D eigenvalue weighted by atomic mass is 16.3. The van der Waals surface area contributed by atoms with Gasteiger partial charge in [-0.2, -0.15) is 0 Å². The minimum Gasteiger partial charge on any atom is -0.508 e. The average Bonchev–Trinajstić information content (AvgIpc) is 2.90. The molecule has 0 bridgehead atoms. The Labute approximate surface area is 213 Å². The number of fused-ring (bicyclic) bond motifs is 1. The molecule has 3 aromatic carbocycles. The molecule has 0 radical (unpaired) electrons. The van der Waals surface area contributed by atoms with E-state index < -0.39 is 6.10 Å². The molecule has 0 fully saturated rings. The van der Waals surface area contributed by atoms with Gasteiger partial charge in [0.05, 0.1) is 12.7 Å². The fourth-order valence-electron chi connectivity index (χ4n) is 4.83. The molecule has 0 saturated carbocycles. The monoisotopic (exact) mass is 488 g/mol. The van der Waals surface area contributed by atoms with E-state index >= 15 is 0 Å². The summed E-state index contributed by atoms with van der Waals surface area (Å²) in [6.07, 6.45) is 2.21. The van der Waals surface area contributed by atoms with Crippen molar-refractivity contribution in [1.82, 2.24) is 10.2 Å². The molecule has 0 aliphatic carbocycles. The highest BCUT2D eigenvalue weighted by molar-refractivity contribution is 5.76. The summed E-state index contributed by atoms with van der Waals surface area (Å²) in [4.78, 5) is 14.8. The number of aryl methyl sites for hydroxylation is 1. The smallest absolute Gasteiger partial charge is 0.223 e. The Hall–Kier alpha value is -3.19. The van der Waals surface area contributed by atoms with Gasteiger partial charge in [-0.15, -0.1) is 0 Å². The lowest BCUT2D eigenvalue weighted by molar-refractivity contribution is -0.132. The van der Waals surface area contributed by atoms with Crippen molar-refractivity contribution in [3.63, 3.8) is 0 Å². The Morgan fingerprint density at radius 3 is 2.61 bits per heavy atom. The molecule has 4 rings (SSSR count). The molecule has 4 N–H and O–H groups in total. The van der Waals surface area contributed by atoms with Crippen LogP contribution in [0.1, 0.15) is 52.8 Å².